The van der Waals surface area contributed by atoms with Gasteiger partial charge in [-0.15, -0.1) is 0 Å². The highest BCUT2D eigenvalue weighted by Crippen LogP contribution is 2.21. The van der Waals surface area contributed by atoms with Gasteiger partial charge in [0, 0.05) is 37.1 Å². The van der Waals surface area contributed by atoms with Gasteiger partial charge in [-0.2, -0.15) is 11.8 Å². The highest BCUT2D eigenvalue weighted by molar-refractivity contribution is 7.99. The van der Waals surface area contributed by atoms with E-state index in [1.165, 1.54) is 11.8 Å². The molecule has 1 unspecified atom stereocenters. The van der Waals surface area contributed by atoms with Crippen LogP contribution in [0.1, 0.15) is 19.2 Å². The third-order valence-electron chi connectivity index (χ3n) is 3.68. The Bertz CT molecular complexity index is 590. The molecule has 3 nitrogen and oxygen atoms in total. The van der Waals surface area contributed by atoms with Crippen LogP contribution < -0.4 is 5.32 Å². The number of hydrogen-bond acceptors (Lipinski definition) is 3. The quantitative estimate of drug-likeness (QED) is 0.940. The Kier molecular flexibility index (Phi) is 4.27. The minimum Gasteiger partial charge on any atom is -0.328 e. The molecule has 1 aromatic heterocycles. The Labute approximate surface area is 123 Å². The van der Waals surface area contributed by atoms with Gasteiger partial charge in [0.2, 0.25) is 0 Å². The van der Waals surface area contributed by atoms with Crippen molar-refractivity contribution < 1.29 is 4.39 Å². The first-order valence-electron chi connectivity index (χ1n) is 7.24. The van der Waals surface area contributed by atoms with Gasteiger partial charge < -0.3 is 9.88 Å². The van der Waals surface area contributed by atoms with Crippen molar-refractivity contribution in [2.45, 2.75) is 32.4 Å². The molecular formula is C15H20FN3S. The highest BCUT2D eigenvalue weighted by atomic mass is 32.2. The average molecular weight is 293 g/mol. The lowest BCUT2D eigenvalue weighted by atomic mass is 10.2. The molecule has 108 valence electrons. The number of halogens is 1. The van der Waals surface area contributed by atoms with Crippen LogP contribution in [-0.2, 0) is 13.0 Å². The second-order valence-electron chi connectivity index (χ2n) is 5.22. The van der Waals surface area contributed by atoms with Gasteiger partial charge >= 0.3 is 0 Å². The molecule has 0 radical (unpaired) electrons. The Balaban J connectivity index is 1.95. The smallest absolute Gasteiger partial charge is 0.151 e. The minimum absolute atomic E-state index is 0.218. The fourth-order valence-electron chi connectivity index (χ4n) is 2.76. The van der Waals surface area contributed by atoms with Gasteiger partial charge in [-0.05, 0) is 18.6 Å². The molecule has 2 heterocycles. The number of benzene rings is 1. The molecule has 0 spiro atoms. The third-order valence-corrected chi connectivity index (χ3v) is 4.81. The average Bonchev–Trinajstić information content (AvgIpc) is 2.80. The highest BCUT2D eigenvalue weighted by Gasteiger charge is 2.19. The number of nitrogens with one attached hydrogen (secondary N) is 1. The van der Waals surface area contributed by atoms with Crippen LogP contribution in [0.4, 0.5) is 4.39 Å². The molecule has 1 saturated heterocycles. The summed E-state index contributed by atoms with van der Waals surface area (Å²) in [5.74, 6) is 3.07. The predicted octanol–water partition coefficient (Wildman–Crippen LogP) is 2.83. The SMILES string of the molecule is CCCn1c(CC2CSCCN2)nc2c(F)cccc21. The number of thioether (sulfide) groups is 1. The molecule has 5 heteroatoms. The summed E-state index contributed by atoms with van der Waals surface area (Å²) in [5, 5.41) is 3.53. The van der Waals surface area contributed by atoms with Gasteiger partial charge in [0.1, 0.15) is 11.3 Å². The maximum atomic E-state index is 13.9. The van der Waals surface area contributed by atoms with Crippen molar-refractivity contribution in [2.75, 3.05) is 18.1 Å². The van der Waals surface area contributed by atoms with E-state index >= 15 is 0 Å². The van der Waals surface area contributed by atoms with Crippen LogP contribution in [0.2, 0.25) is 0 Å². The van der Waals surface area contributed by atoms with Crippen LogP contribution in [0.5, 0.6) is 0 Å². The Morgan fingerprint density at radius 2 is 2.40 bits per heavy atom. The van der Waals surface area contributed by atoms with Gasteiger partial charge in [0.15, 0.2) is 5.82 Å². The lowest BCUT2D eigenvalue weighted by Crippen LogP contribution is -2.39. The first-order valence-corrected chi connectivity index (χ1v) is 8.40. The lowest BCUT2D eigenvalue weighted by molar-refractivity contribution is 0.531. The van der Waals surface area contributed by atoms with Crippen molar-refractivity contribution in [1.82, 2.24) is 14.9 Å². The van der Waals surface area contributed by atoms with E-state index in [0.29, 0.717) is 11.6 Å². The fraction of sp³-hybridized carbons (Fsp3) is 0.533. The summed E-state index contributed by atoms with van der Waals surface area (Å²) in [7, 11) is 0. The summed E-state index contributed by atoms with van der Waals surface area (Å²) in [6, 6.07) is 5.67. The molecule has 20 heavy (non-hydrogen) atoms. The number of rotatable bonds is 4. The number of aromatic nitrogens is 2. The van der Waals surface area contributed by atoms with Gasteiger partial charge in [0.25, 0.3) is 0 Å². The van der Waals surface area contributed by atoms with Crippen LogP contribution >= 0.6 is 11.8 Å². The number of hydrogen-bond donors (Lipinski definition) is 1. The van der Waals surface area contributed by atoms with Crippen LogP contribution in [0.15, 0.2) is 18.2 Å². The van der Waals surface area contributed by atoms with E-state index in [9.17, 15) is 4.39 Å². The number of fused-ring (bicyclic) bond motifs is 1. The molecule has 0 amide bonds. The molecule has 0 bridgehead atoms. The van der Waals surface area contributed by atoms with Gasteiger partial charge in [0.05, 0.1) is 5.52 Å². The standard InChI is InChI=1S/C15H20FN3S/c1-2-7-19-13-5-3-4-12(16)15(13)18-14(19)9-11-10-20-8-6-17-11/h3-5,11,17H,2,6-10H2,1H3. The molecule has 1 N–H and O–H groups in total. The van der Waals surface area contributed by atoms with Crippen molar-refractivity contribution in [2.24, 2.45) is 0 Å². The fourth-order valence-corrected chi connectivity index (χ4v) is 3.71. The van der Waals surface area contributed by atoms with Crippen molar-refractivity contribution in [3.05, 3.63) is 29.8 Å². The van der Waals surface area contributed by atoms with Gasteiger partial charge in [-0.1, -0.05) is 13.0 Å². The zero-order chi connectivity index (χ0) is 13.9. The molecule has 2 aromatic rings. The van der Waals surface area contributed by atoms with E-state index in [1.54, 1.807) is 6.07 Å². The molecule has 1 aliphatic rings. The predicted molar refractivity (Wildman–Crippen MR) is 82.8 cm³/mol. The Morgan fingerprint density at radius 1 is 1.50 bits per heavy atom. The topological polar surface area (TPSA) is 29.9 Å². The summed E-state index contributed by atoms with van der Waals surface area (Å²) >= 11 is 1.98. The summed E-state index contributed by atoms with van der Waals surface area (Å²) in [4.78, 5) is 4.56. The molecule has 1 aliphatic heterocycles. The van der Waals surface area contributed by atoms with Crippen molar-refractivity contribution >= 4 is 22.8 Å². The van der Waals surface area contributed by atoms with Crippen LogP contribution in [0.3, 0.4) is 0 Å². The molecular weight excluding hydrogens is 273 g/mol. The molecule has 1 aromatic carbocycles. The first-order chi connectivity index (χ1) is 9.79. The van der Waals surface area contributed by atoms with E-state index < -0.39 is 0 Å². The maximum Gasteiger partial charge on any atom is 0.151 e. The van der Waals surface area contributed by atoms with E-state index in [2.05, 4.69) is 21.8 Å². The molecule has 1 atom stereocenters. The molecule has 1 fully saturated rings. The molecule has 0 saturated carbocycles. The zero-order valence-corrected chi connectivity index (χ0v) is 12.5. The molecule has 0 aliphatic carbocycles. The number of nitrogens with zero attached hydrogens (tertiary/aromatic N) is 2. The monoisotopic (exact) mass is 293 g/mol. The largest absolute Gasteiger partial charge is 0.328 e. The normalized spacial score (nSPS) is 19.6. The lowest BCUT2D eigenvalue weighted by Gasteiger charge is -2.23. The van der Waals surface area contributed by atoms with Crippen LogP contribution in [0.25, 0.3) is 11.0 Å². The van der Waals surface area contributed by atoms with E-state index in [1.807, 2.05) is 17.8 Å². The first kappa shape index (κ1) is 13.9. The van der Waals surface area contributed by atoms with Crippen molar-refractivity contribution in [3.63, 3.8) is 0 Å². The second-order valence-corrected chi connectivity index (χ2v) is 6.37. The minimum atomic E-state index is -0.218. The Morgan fingerprint density at radius 3 is 3.15 bits per heavy atom. The van der Waals surface area contributed by atoms with Crippen LogP contribution in [0, 0.1) is 5.82 Å². The summed E-state index contributed by atoms with van der Waals surface area (Å²) in [6.45, 7) is 4.09. The van der Waals surface area contributed by atoms with Crippen molar-refractivity contribution in [3.8, 4) is 0 Å². The van der Waals surface area contributed by atoms with Gasteiger partial charge in [-0.3, -0.25) is 0 Å². The zero-order valence-electron chi connectivity index (χ0n) is 11.7. The number of aryl methyl sites for hydroxylation is 1. The van der Waals surface area contributed by atoms with Crippen molar-refractivity contribution in [1.29, 1.82) is 0 Å². The van der Waals surface area contributed by atoms with E-state index in [4.69, 9.17) is 0 Å². The van der Waals surface area contributed by atoms with Crippen LogP contribution in [-0.4, -0.2) is 33.6 Å². The summed E-state index contributed by atoms with van der Waals surface area (Å²) in [6.07, 6.45) is 1.91. The second kappa shape index (κ2) is 6.14. The van der Waals surface area contributed by atoms with E-state index in [-0.39, 0.29) is 5.82 Å². The number of imidazole rings is 1. The Hall–Kier alpha value is -1.07. The summed E-state index contributed by atoms with van der Waals surface area (Å²) in [5.41, 5.74) is 1.43. The third kappa shape index (κ3) is 2.69. The molecule has 3 rings (SSSR count). The number of para-hydroxylation sites is 1. The maximum absolute atomic E-state index is 13.9. The van der Waals surface area contributed by atoms with E-state index in [0.717, 1.165) is 43.0 Å². The summed E-state index contributed by atoms with van der Waals surface area (Å²) < 4.78 is 16.1. The van der Waals surface area contributed by atoms with Gasteiger partial charge in [-0.25, -0.2) is 9.37 Å².